The third kappa shape index (κ3) is 5.55. The number of benzene rings is 2. The van der Waals surface area contributed by atoms with Gasteiger partial charge in [-0.1, -0.05) is 56.9 Å². The van der Waals surface area contributed by atoms with Crippen molar-refractivity contribution in [2.45, 2.75) is 70.5 Å². The number of nitrogens with zero attached hydrogens (tertiary/aromatic N) is 2. The number of hydrogen-bond donors (Lipinski definition) is 0. The number of piperazine rings is 1. The van der Waals surface area contributed by atoms with E-state index in [1.807, 2.05) is 24.3 Å². The topological polar surface area (TPSA) is 49.9 Å². The Kier molecular flexibility index (Phi) is 7.63. The summed E-state index contributed by atoms with van der Waals surface area (Å²) in [7, 11) is 0. The maximum absolute atomic E-state index is 13.8. The first-order valence-electron chi connectivity index (χ1n) is 12.1. The molecule has 5 nitrogen and oxygen atoms in total. The third-order valence-electron chi connectivity index (χ3n) is 6.70. The number of rotatable bonds is 8. The summed E-state index contributed by atoms with van der Waals surface area (Å²) >= 11 is 0. The van der Waals surface area contributed by atoms with Crippen LogP contribution in [0.4, 0.5) is 4.39 Å². The van der Waals surface area contributed by atoms with Crippen LogP contribution in [0.1, 0.15) is 69.0 Å². The van der Waals surface area contributed by atoms with Gasteiger partial charge in [-0.05, 0) is 54.7 Å². The zero-order valence-electron chi connectivity index (χ0n) is 19.3. The highest BCUT2D eigenvalue weighted by Gasteiger charge is 2.42. The Hall–Kier alpha value is -2.89. The zero-order chi connectivity index (χ0) is 23.2. The number of ether oxygens (including phenoxy) is 1. The second kappa shape index (κ2) is 10.8. The Morgan fingerprint density at radius 2 is 1.67 bits per heavy atom. The van der Waals surface area contributed by atoms with Crippen LogP contribution in [0.5, 0.6) is 5.75 Å². The van der Waals surface area contributed by atoms with Crippen molar-refractivity contribution in [1.82, 2.24) is 9.80 Å². The van der Waals surface area contributed by atoms with Crippen molar-refractivity contribution in [3.63, 3.8) is 0 Å². The highest BCUT2D eigenvalue weighted by Crippen LogP contribution is 2.34. The van der Waals surface area contributed by atoms with Gasteiger partial charge in [0.05, 0.1) is 6.61 Å². The lowest BCUT2D eigenvalue weighted by Gasteiger charge is -2.44. The molecule has 0 spiro atoms. The van der Waals surface area contributed by atoms with E-state index in [0.717, 1.165) is 55.4 Å². The van der Waals surface area contributed by atoms with Crippen molar-refractivity contribution in [2.75, 3.05) is 13.2 Å². The third-order valence-corrected chi connectivity index (χ3v) is 6.70. The molecule has 4 rings (SSSR count). The van der Waals surface area contributed by atoms with E-state index in [1.165, 1.54) is 18.6 Å². The van der Waals surface area contributed by atoms with Crippen LogP contribution >= 0.6 is 0 Å². The van der Waals surface area contributed by atoms with E-state index in [-0.39, 0.29) is 36.8 Å². The fourth-order valence-electron chi connectivity index (χ4n) is 4.82. The van der Waals surface area contributed by atoms with Crippen molar-refractivity contribution in [2.24, 2.45) is 0 Å². The fourth-order valence-corrected chi connectivity index (χ4v) is 4.82. The number of hydrogen-bond acceptors (Lipinski definition) is 3. The molecular formula is C27H33FN2O3. The summed E-state index contributed by atoms with van der Waals surface area (Å²) in [5, 5.41) is 0. The molecule has 1 aliphatic carbocycles. The van der Waals surface area contributed by atoms with Crippen LogP contribution in [0.25, 0.3) is 0 Å². The molecule has 1 saturated carbocycles. The minimum atomic E-state index is -0.692. The van der Waals surface area contributed by atoms with Gasteiger partial charge in [0.15, 0.2) is 0 Å². The van der Waals surface area contributed by atoms with Gasteiger partial charge in [-0.2, -0.15) is 0 Å². The minimum absolute atomic E-state index is 0.0248. The second-order valence-electron chi connectivity index (χ2n) is 9.08. The largest absolute Gasteiger partial charge is 0.494 e. The molecule has 0 bridgehead atoms. The predicted octanol–water partition coefficient (Wildman–Crippen LogP) is 5.25. The van der Waals surface area contributed by atoms with Gasteiger partial charge in [-0.3, -0.25) is 9.59 Å². The first-order chi connectivity index (χ1) is 16.1. The van der Waals surface area contributed by atoms with Crippen LogP contribution < -0.4 is 4.74 Å². The maximum atomic E-state index is 13.8. The van der Waals surface area contributed by atoms with Gasteiger partial charge in [-0.25, -0.2) is 4.39 Å². The Morgan fingerprint density at radius 1 is 0.970 bits per heavy atom. The molecule has 2 amide bonds. The average molecular weight is 453 g/mol. The molecule has 6 heteroatoms. The van der Waals surface area contributed by atoms with Crippen molar-refractivity contribution >= 4 is 11.8 Å². The number of halogens is 1. The highest BCUT2D eigenvalue weighted by atomic mass is 19.1. The van der Waals surface area contributed by atoms with Gasteiger partial charge >= 0.3 is 0 Å². The van der Waals surface area contributed by atoms with Crippen molar-refractivity contribution in [1.29, 1.82) is 0 Å². The summed E-state index contributed by atoms with van der Waals surface area (Å²) in [5.74, 6) is 0.343. The molecule has 2 aromatic carbocycles. The highest BCUT2D eigenvalue weighted by molar-refractivity contribution is 5.95. The van der Waals surface area contributed by atoms with E-state index in [2.05, 4.69) is 6.92 Å². The molecule has 0 radical (unpaired) electrons. The number of carbonyl (C=O) groups excluding carboxylic acids is 2. The Morgan fingerprint density at radius 3 is 2.33 bits per heavy atom. The second-order valence-corrected chi connectivity index (χ2v) is 9.08. The van der Waals surface area contributed by atoms with Crippen molar-refractivity contribution in [3.05, 3.63) is 65.5 Å². The lowest BCUT2D eigenvalue weighted by Crippen LogP contribution is -2.58. The van der Waals surface area contributed by atoms with Crippen LogP contribution in [-0.4, -0.2) is 40.8 Å². The van der Waals surface area contributed by atoms with Gasteiger partial charge < -0.3 is 14.5 Å². The molecule has 176 valence electrons. The normalized spacial score (nSPS) is 19.8. The van der Waals surface area contributed by atoms with Crippen molar-refractivity contribution in [3.8, 4) is 5.75 Å². The van der Waals surface area contributed by atoms with Gasteiger partial charge in [0, 0.05) is 12.6 Å². The van der Waals surface area contributed by atoms with Crippen molar-refractivity contribution < 1.29 is 18.7 Å². The maximum Gasteiger partial charge on any atom is 0.250 e. The molecule has 0 aromatic heterocycles. The molecular weight excluding hydrogens is 419 g/mol. The zero-order valence-corrected chi connectivity index (χ0v) is 19.3. The Balaban J connectivity index is 1.60. The first kappa shape index (κ1) is 23.3. The summed E-state index contributed by atoms with van der Waals surface area (Å²) in [4.78, 5) is 30.5. The fraction of sp³-hybridized carbons (Fsp3) is 0.481. The van der Waals surface area contributed by atoms with Crippen LogP contribution in [-0.2, 0) is 16.1 Å². The van der Waals surface area contributed by atoms with E-state index in [4.69, 9.17) is 4.74 Å². The van der Waals surface area contributed by atoms with E-state index < -0.39 is 6.04 Å². The molecule has 33 heavy (non-hydrogen) atoms. The van der Waals surface area contributed by atoms with Crippen LogP contribution in [0.15, 0.2) is 48.5 Å². The molecule has 1 atom stereocenters. The Labute approximate surface area is 195 Å². The first-order valence-corrected chi connectivity index (χ1v) is 12.1. The molecule has 2 fully saturated rings. The van der Waals surface area contributed by atoms with E-state index >= 15 is 0 Å². The number of unbranched alkanes of at least 4 members (excludes halogenated alkanes) is 1. The van der Waals surface area contributed by atoms with Crippen LogP contribution in [0, 0.1) is 5.82 Å². The summed E-state index contributed by atoms with van der Waals surface area (Å²) in [6.45, 7) is 3.15. The molecule has 2 aromatic rings. The molecule has 2 aliphatic rings. The standard InChI is InChI=1S/C27H33FN2O3/c1-2-3-17-33-24-15-11-21(12-16-24)26-27(32)29(23-7-5-4-6-8-23)19-25(31)30(26)18-20-9-13-22(28)14-10-20/h9-16,23,26H,2-8,17-19H2,1H3/t26-/m0/s1. The predicted molar refractivity (Wildman–Crippen MR) is 125 cm³/mol. The molecule has 0 N–H and O–H groups in total. The van der Waals surface area contributed by atoms with Gasteiger partial charge in [0.2, 0.25) is 5.91 Å². The van der Waals surface area contributed by atoms with Crippen LogP contribution in [0.2, 0.25) is 0 Å². The monoisotopic (exact) mass is 452 g/mol. The van der Waals surface area contributed by atoms with Gasteiger partial charge in [0.1, 0.15) is 24.2 Å². The minimum Gasteiger partial charge on any atom is -0.494 e. The smallest absolute Gasteiger partial charge is 0.250 e. The average Bonchev–Trinajstić information content (AvgIpc) is 2.84. The van der Waals surface area contributed by atoms with E-state index in [0.29, 0.717) is 6.61 Å². The lowest BCUT2D eigenvalue weighted by molar-refractivity contribution is -0.160. The Bertz CT molecular complexity index is 939. The summed E-state index contributed by atoms with van der Waals surface area (Å²) in [5.41, 5.74) is 1.58. The quantitative estimate of drug-likeness (QED) is 0.514. The number of amides is 2. The summed E-state index contributed by atoms with van der Waals surface area (Å²) < 4.78 is 19.2. The lowest BCUT2D eigenvalue weighted by atomic mass is 9.91. The van der Waals surface area contributed by atoms with E-state index in [1.54, 1.807) is 21.9 Å². The summed E-state index contributed by atoms with van der Waals surface area (Å²) in [6, 6.07) is 13.1. The molecule has 1 aliphatic heterocycles. The van der Waals surface area contributed by atoms with Gasteiger partial charge in [0.25, 0.3) is 5.91 Å². The molecule has 0 unspecified atom stereocenters. The van der Waals surface area contributed by atoms with Gasteiger partial charge in [-0.15, -0.1) is 0 Å². The molecule has 1 heterocycles. The SMILES string of the molecule is CCCCOc1ccc([C@H]2C(=O)N(C3CCCCC3)CC(=O)N2Cc2ccc(F)cc2)cc1. The number of carbonyl (C=O) groups is 2. The summed E-state index contributed by atoms with van der Waals surface area (Å²) in [6.07, 6.45) is 7.33. The molecule has 1 saturated heterocycles. The van der Waals surface area contributed by atoms with E-state index in [9.17, 15) is 14.0 Å². The van der Waals surface area contributed by atoms with Crippen LogP contribution in [0.3, 0.4) is 0 Å².